The molecule has 0 aliphatic carbocycles. The van der Waals surface area contributed by atoms with Gasteiger partial charge in [0, 0.05) is 35.2 Å². The Balaban J connectivity index is 1.38. The molecule has 3 N–H and O–H groups in total. The van der Waals surface area contributed by atoms with E-state index in [9.17, 15) is 0 Å². The van der Waals surface area contributed by atoms with Gasteiger partial charge < -0.3 is 10.3 Å². The van der Waals surface area contributed by atoms with Gasteiger partial charge in [-0.3, -0.25) is 14.6 Å². The summed E-state index contributed by atoms with van der Waals surface area (Å²) in [5, 5.41) is 12.0. The minimum Gasteiger partial charge on any atom is -0.358 e. The number of hydrogen-bond donors (Lipinski definition) is 3. The van der Waals surface area contributed by atoms with Crippen molar-refractivity contribution in [1.82, 2.24) is 39.7 Å². The Morgan fingerprint density at radius 2 is 2.00 bits per heavy atom. The Morgan fingerprint density at radius 1 is 1.11 bits per heavy atom. The highest BCUT2D eigenvalue weighted by Gasteiger charge is 2.16. The fraction of sp³-hybridized carbons (Fsp3) is 0.179. The smallest absolute Gasteiger partial charge is 0.147 e. The zero-order chi connectivity index (χ0) is 25.5. The van der Waals surface area contributed by atoms with Gasteiger partial charge in [0.15, 0.2) is 0 Å². The lowest BCUT2D eigenvalue weighted by molar-refractivity contribution is 0.645. The monoisotopic (exact) mass is 489 g/mol. The number of imidazole rings is 1. The van der Waals surface area contributed by atoms with Crippen LogP contribution in [0.1, 0.15) is 26.0 Å². The maximum absolute atomic E-state index is 4.97. The lowest BCUT2D eigenvalue weighted by Gasteiger charge is -2.12. The maximum Gasteiger partial charge on any atom is 0.147 e. The number of allylic oxidation sites excluding steroid dienone is 1. The van der Waals surface area contributed by atoms with Gasteiger partial charge in [0.2, 0.25) is 0 Å². The van der Waals surface area contributed by atoms with Crippen LogP contribution in [0.15, 0.2) is 73.7 Å². The summed E-state index contributed by atoms with van der Waals surface area (Å²) in [4.78, 5) is 21.8. The highest BCUT2D eigenvalue weighted by Crippen LogP contribution is 2.31. The van der Waals surface area contributed by atoms with Crippen LogP contribution >= 0.6 is 0 Å². The molecule has 6 heterocycles. The Bertz CT molecular complexity index is 1750. The molecule has 6 aromatic rings. The van der Waals surface area contributed by atoms with E-state index in [0.717, 1.165) is 73.9 Å². The second-order valence-corrected chi connectivity index (χ2v) is 9.65. The molecule has 0 aliphatic heterocycles. The third-order valence-corrected chi connectivity index (χ3v) is 6.16. The summed E-state index contributed by atoms with van der Waals surface area (Å²) >= 11 is 0. The van der Waals surface area contributed by atoms with Crippen molar-refractivity contribution in [3.8, 4) is 28.5 Å². The molecule has 9 heteroatoms. The minimum absolute atomic E-state index is 0.528. The van der Waals surface area contributed by atoms with Gasteiger partial charge in [0.1, 0.15) is 23.4 Å². The third-order valence-electron chi connectivity index (χ3n) is 6.16. The average Bonchev–Trinajstić information content (AvgIpc) is 3.60. The van der Waals surface area contributed by atoms with Crippen LogP contribution in [0.3, 0.4) is 0 Å². The molecule has 9 nitrogen and oxygen atoms in total. The summed E-state index contributed by atoms with van der Waals surface area (Å²) in [6.07, 6.45) is 10.0. The molecule has 0 fully saturated rings. The molecule has 0 saturated carbocycles. The van der Waals surface area contributed by atoms with E-state index < -0.39 is 0 Å². The lowest BCUT2D eigenvalue weighted by atomic mass is 10.1. The van der Waals surface area contributed by atoms with Crippen molar-refractivity contribution < 1.29 is 0 Å². The average molecular weight is 490 g/mol. The number of aryl methyl sites for hydroxylation is 1. The molecule has 0 aromatic carbocycles. The highest BCUT2D eigenvalue weighted by molar-refractivity contribution is 5.96. The number of hydrogen-bond acceptors (Lipinski definition) is 6. The zero-order valence-electron chi connectivity index (χ0n) is 20.9. The number of nitrogens with one attached hydrogen (secondary N) is 3. The van der Waals surface area contributed by atoms with E-state index in [1.165, 1.54) is 0 Å². The van der Waals surface area contributed by atoms with E-state index in [2.05, 4.69) is 61.9 Å². The number of anilines is 1. The molecule has 0 saturated heterocycles. The molecule has 37 heavy (non-hydrogen) atoms. The predicted octanol–water partition coefficient (Wildman–Crippen LogP) is 6.03. The first-order valence-electron chi connectivity index (χ1n) is 12.2. The number of rotatable bonds is 7. The van der Waals surface area contributed by atoms with Crippen LogP contribution in [0.2, 0.25) is 0 Å². The second-order valence-electron chi connectivity index (χ2n) is 9.65. The van der Waals surface area contributed by atoms with Gasteiger partial charge in [-0.05, 0) is 49.6 Å². The summed E-state index contributed by atoms with van der Waals surface area (Å²) in [5.74, 6) is 1.34. The molecule has 6 aromatic heterocycles. The van der Waals surface area contributed by atoms with Crippen LogP contribution in [0.4, 0.5) is 5.69 Å². The Morgan fingerprint density at radius 3 is 2.81 bits per heavy atom. The topological polar surface area (TPSA) is 113 Å². The number of pyridine rings is 3. The molecule has 0 amide bonds. The van der Waals surface area contributed by atoms with Crippen molar-refractivity contribution in [2.45, 2.75) is 27.2 Å². The van der Waals surface area contributed by atoms with Crippen molar-refractivity contribution in [1.29, 1.82) is 0 Å². The van der Waals surface area contributed by atoms with Crippen LogP contribution in [0.25, 0.3) is 50.4 Å². The van der Waals surface area contributed by atoms with Crippen LogP contribution in [0, 0.1) is 12.8 Å². The van der Waals surface area contributed by atoms with Gasteiger partial charge >= 0.3 is 0 Å². The first-order chi connectivity index (χ1) is 17.9. The van der Waals surface area contributed by atoms with E-state index in [1.54, 1.807) is 18.7 Å². The fourth-order valence-electron chi connectivity index (χ4n) is 4.55. The summed E-state index contributed by atoms with van der Waals surface area (Å²) in [6.45, 7) is 10.4. The molecular weight excluding hydrogens is 462 g/mol. The van der Waals surface area contributed by atoms with Crippen molar-refractivity contribution in [3.05, 3.63) is 79.4 Å². The molecule has 0 atom stereocenters. The van der Waals surface area contributed by atoms with Gasteiger partial charge in [-0.15, -0.1) is 0 Å². The molecule has 0 radical (unpaired) electrons. The van der Waals surface area contributed by atoms with Crippen LogP contribution in [-0.4, -0.2) is 39.7 Å². The van der Waals surface area contributed by atoms with Gasteiger partial charge in [-0.1, -0.05) is 20.4 Å². The normalized spacial score (nSPS) is 11.6. The standard InChI is InChI=1S/C28H27N9/c1-16(2)9-17(3)32-20-10-19(12-29-13-20)22-5-6-24-26(34-22)27(36-35-24)25-11-21-23(33-25)7-8-30-28(21)37-14-18(4)31-15-37/h5-8,10-16,32-33H,3,9H2,1-2,4H3,(H,35,36). The second kappa shape index (κ2) is 9.02. The zero-order valence-corrected chi connectivity index (χ0v) is 20.9. The first kappa shape index (κ1) is 22.7. The Hall–Kier alpha value is -4.79. The molecular formula is C28H27N9. The summed E-state index contributed by atoms with van der Waals surface area (Å²) < 4.78 is 1.93. The van der Waals surface area contributed by atoms with Crippen LogP contribution < -0.4 is 5.32 Å². The van der Waals surface area contributed by atoms with Gasteiger partial charge in [0.05, 0.1) is 40.0 Å². The van der Waals surface area contributed by atoms with Crippen LogP contribution in [0.5, 0.6) is 0 Å². The molecule has 0 bridgehead atoms. The van der Waals surface area contributed by atoms with E-state index in [4.69, 9.17) is 4.98 Å². The summed E-state index contributed by atoms with van der Waals surface area (Å²) in [7, 11) is 0. The number of nitrogens with zero attached hydrogens (tertiary/aromatic N) is 6. The quantitative estimate of drug-likeness (QED) is 0.252. The Labute approximate surface area is 213 Å². The SMILES string of the molecule is C=C(CC(C)C)Nc1cncc(-c2ccc3[nH]nc(-c4cc5c(-n6cnc(C)c6)nccc5[nH]4)c3n2)c1. The highest BCUT2D eigenvalue weighted by atomic mass is 15.1. The van der Waals surface area contributed by atoms with Crippen molar-refractivity contribution in [2.24, 2.45) is 5.92 Å². The molecule has 6 rings (SSSR count). The minimum atomic E-state index is 0.528. The number of aromatic amines is 2. The largest absolute Gasteiger partial charge is 0.358 e. The van der Waals surface area contributed by atoms with E-state index >= 15 is 0 Å². The summed E-state index contributed by atoms with van der Waals surface area (Å²) in [6, 6.07) is 10.0. The summed E-state index contributed by atoms with van der Waals surface area (Å²) in [5.41, 5.74) is 8.71. The predicted molar refractivity (Wildman–Crippen MR) is 146 cm³/mol. The number of fused-ring (bicyclic) bond motifs is 2. The van der Waals surface area contributed by atoms with Gasteiger partial charge in [-0.2, -0.15) is 5.10 Å². The van der Waals surface area contributed by atoms with Crippen molar-refractivity contribution in [2.75, 3.05) is 5.32 Å². The first-order valence-corrected chi connectivity index (χ1v) is 12.2. The van der Waals surface area contributed by atoms with Crippen LogP contribution in [-0.2, 0) is 0 Å². The van der Waals surface area contributed by atoms with E-state index in [-0.39, 0.29) is 0 Å². The van der Waals surface area contributed by atoms with Crippen molar-refractivity contribution in [3.63, 3.8) is 0 Å². The maximum atomic E-state index is 4.97. The molecule has 0 unspecified atom stereocenters. The molecule has 0 spiro atoms. The van der Waals surface area contributed by atoms with Gasteiger partial charge in [-0.25, -0.2) is 15.0 Å². The molecule has 0 aliphatic rings. The number of H-pyrrole nitrogens is 2. The van der Waals surface area contributed by atoms with Gasteiger partial charge in [0.25, 0.3) is 0 Å². The Kier molecular flexibility index (Phi) is 5.52. The fourth-order valence-corrected chi connectivity index (χ4v) is 4.55. The third kappa shape index (κ3) is 4.35. The van der Waals surface area contributed by atoms with Crippen molar-refractivity contribution >= 4 is 27.6 Å². The number of aromatic nitrogens is 8. The van der Waals surface area contributed by atoms with E-state index in [0.29, 0.717) is 5.92 Å². The molecule has 184 valence electrons. The van der Waals surface area contributed by atoms with E-state index in [1.807, 2.05) is 48.1 Å². The lowest BCUT2D eigenvalue weighted by Crippen LogP contribution is -2.02.